The molecule has 1 aliphatic rings. The number of nitrogens with zero attached hydrogens (tertiary/aromatic N) is 1. The maximum Gasteiger partial charge on any atom is 0.263 e. The Morgan fingerprint density at radius 1 is 1.48 bits per heavy atom. The highest BCUT2D eigenvalue weighted by Gasteiger charge is 2.33. The molecule has 4 nitrogen and oxygen atoms in total. The number of benzene rings is 1. The molecule has 1 aromatic carbocycles. The van der Waals surface area contributed by atoms with Crippen molar-refractivity contribution in [1.82, 2.24) is 4.90 Å². The van der Waals surface area contributed by atoms with Gasteiger partial charge >= 0.3 is 0 Å². The summed E-state index contributed by atoms with van der Waals surface area (Å²) in [6.07, 6.45) is 0.530. The first-order valence-electron chi connectivity index (χ1n) is 7.43. The third-order valence-electron chi connectivity index (χ3n) is 3.87. The van der Waals surface area contributed by atoms with Gasteiger partial charge < -0.3 is 15.4 Å². The Kier molecular flexibility index (Phi) is 5.65. The van der Waals surface area contributed by atoms with Gasteiger partial charge in [-0.3, -0.25) is 4.79 Å². The Hall–Kier alpha value is -1.07. The van der Waals surface area contributed by atoms with E-state index in [1.165, 1.54) is 0 Å². The second kappa shape index (κ2) is 7.27. The fraction of sp³-hybridized carbons (Fsp3) is 0.562. The number of amides is 1. The molecule has 2 unspecified atom stereocenters. The van der Waals surface area contributed by atoms with Crippen molar-refractivity contribution in [3.8, 4) is 5.75 Å². The smallest absolute Gasteiger partial charge is 0.263 e. The fourth-order valence-electron chi connectivity index (χ4n) is 2.55. The lowest BCUT2D eigenvalue weighted by molar-refractivity contribution is -0.139. The fourth-order valence-corrected chi connectivity index (χ4v) is 2.93. The van der Waals surface area contributed by atoms with Crippen molar-refractivity contribution in [2.45, 2.75) is 26.4 Å². The lowest BCUT2D eigenvalue weighted by Crippen LogP contribution is -2.44. The summed E-state index contributed by atoms with van der Waals surface area (Å²) in [6.45, 7) is 6.19. The Morgan fingerprint density at radius 2 is 2.19 bits per heavy atom. The van der Waals surface area contributed by atoms with Crippen molar-refractivity contribution in [3.05, 3.63) is 28.7 Å². The lowest BCUT2D eigenvalue weighted by atomic mass is 10.1. The lowest BCUT2D eigenvalue weighted by Gasteiger charge is -2.27. The van der Waals surface area contributed by atoms with Gasteiger partial charge in [-0.15, -0.1) is 0 Å². The van der Waals surface area contributed by atoms with Gasteiger partial charge in [0.2, 0.25) is 0 Å². The van der Waals surface area contributed by atoms with Crippen LogP contribution < -0.4 is 10.5 Å². The van der Waals surface area contributed by atoms with Gasteiger partial charge in [-0.05, 0) is 52.9 Å². The van der Waals surface area contributed by atoms with E-state index in [4.69, 9.17) is 10.5 Å². The van der Waals surface area contributed by atoms with Gasteiger partial charge in [0, 0.05) is 13.1 Å². The number of likely N-dealkylation sites (tertiary alicyclic amines) is 1. The average Bonchev–Trinajstić information content (AvgIpc) is 2.94. The Labute approximate surface area is 134 Å². The SMILES string of the molecule is CC(C)C(Oc1ccccc1Br)C(=O)N1CCC(CN)C1. The number of halogens is 1. The molecule has 0 radical (unpaired) electrons. The van der Waals surface area contributed by atoms with Crippen LogP contribution in [-0.4, -0.2) is 36.5 Å². The van der Waals surface area contributed by atoms with E-state index in [2.05, 4.69) is 15.9 Å². The van der Waals surface area contributed by atoms with Gasteiger partial charge in [0.05, 0.1) is 4.47 Å². The van der Waals surface area contributed by atoms with Gasteiger partial charge in [-0.1, -0.05) is 26.0 Å². The molecule has 0 spiro atoms. The summed E-state index contributed by atoms with van der Waals surface area (Å²) >= 11 is 3.46. The van der Waals surface area contributed by atoms with Gasteiger partial charge in [0.1, 0.15) is 5.75 Å². The van der Waals surface area contributed by atoms with E-state index in [0.29, 0.717) is 18.2 Å². The summed E-state index contributed by atoms with van der Waals surface area (Å²) in [5, 5.41) is 0. The molecule has 1 fully saturated rings. The van der Waals surface area contributed by atoms with Crippen LogP contribution >= 0.6 is 15.9 Å². The van der Waals surface area contributed by atoms with Crippen LogP contribution in [0.2, 0.25) is 0 Å². The average molecular weight is 355 g/mol. The number of hydrogen-bond donors (Lipinski definition) is 1. The molecule has 5 heteroatoms. The summed E-state index contributed by atoms with van der Waals surface area (Å²) < 4.78 is 6.85. The molecule has 1 saturated heterocycles. The van der Waals surface area contributed by atoms with Crippen LogP contribution in [0.3, 0.4) is 0 Å². The molecular weight excluding hydrogens is 332 g/mol. The van der Waals surface area contributed by atoms with Crippen LogP contribution in [0.1, 0.15) is 20.3 Å². The van der Waals surface area contributed by atoms with Crippen molar-refractivity contribution >= 4 is 21.8 Å². The van der Waals surface area contributed by atoms with E-state index in [9.17, 15) is 4.79 Å². The number of hydrogen-bond acceptors (Lipinski definition) is 3. The summed E-state index contributed by atoms with van der Waals surface area (Å²) in [4.78, 5) is 14.6. The Morgan fingerprint density at radius 3 is 2.76 bits per heavy atom. The van der Waals surface area contributed by atoms with E-state index >= 15 is 0 Å². The normalized spacial score (nSPS) is 19.9. The predicted octanol–water partition coefficient (Wildman–Crippen LogP) is 2.66. The molecule has 2 atom stereocenters. The summed E-state index contributed by atoms with van der Waals surface area (Å²) in [5.41, 5.74) is 5.70. The summed E-state index contributed by atoms with van der Waals surface area (Å²) in [7, 11) is 0. The molecular formula is C16H23BrN2O2. The molecule has 21 heavy (non-hydrogen) atoms. The third-order valence-corrected chi connectivity index (χ3v) is 4.53. The first-order valence-corrected chi connectivity index (χ1v) is 8.22. The van der Waals surface area contributed by atoms with Gasteiger partial charge in [0.25, 0.3) is 5.91 Å². The minimum absolute atomic E-state index is 0.0664. The second-order valence-corrected chi connectivity index (χ2v) is 6.74. The number of nitrogens with two attached hydrogens (primary N) is 1. The Bertz CT molecular complexity index is 493. The van der Waals surface area contributed by atoms with E-state index in [0.717, 1.165) is 24.0 Å². The van der Waals surface area contributed by atoms with Crippen molar-refractivity contribution in [2.24, 2.45) is 17.6 Å². The van der Waals surface area contributed by atoms with Gasteiger partial charge in [-0.2, -0.15) is 0 Å². The van der Waals surface area contributed by atoms with Crippen molar-refractivity contribution in [3.63, 3.8) is 0 Å². The van der Waals surface area contributed by atoms with Crippen molar-refractivity contribution in [2.75, 3.05) is 19.6 Å². The number of rotatable bonds is 5. The van der Waals surface area contributed by atoms with Crippen molar-refractivity contribution < 1.29 is 9.53 Å². The number of para-hydroxylation sites is 1. The van der Waals surface area contributed by atoms with E-state index in [-0.39, 0.29) is 11.8 Å². The first kappa shape index (κ1) is 16.3. The number of carbonyl (C=O) groups is 1. The molecule has 1 heterocycles. The largest absolute Gasteiger partial charge is 0.479 e. The van der Waals surface area contributed by atoms with Crippen LogP contribution in [-0.2, 0) is 4.79 Å². The molecule has 1 aromatic rings. The molecule has 0 saturated carbocycles. The standard InChI is InChI=1S/C16H23BrN2O2/c1-11(2)15(21-14-6-4-3-5-13(14)17)16(20)19-8-7-12(9-18)10-19/h3-6,11-12,15H,7-10,18H2,1-2H3. The molecule has 2 N–H and O–H groups in total. The highest BCUT2D eigenvalue weighted by Crippen LogP contribution is 2.27. The minimum Gasteiger partial charge on any atom is -0.479 e. The van der Waals surface area contributed by atoms with Crippen LogP contribution in [0.5, 0.6) is 5.75 Å². The quantitative estimate of drug-likeness (QED) is 0.884. The molecule has 0 bridgehead atoms. The maximum atomic E-state index is 12.7. The maximum absolute atomic E-state index is 12.7. The molecule has 1 amide bonds. The minimum atomic E-state index is -0.458. The third kappa shape index (κ3) is 3.98. The van der Waals surface area contributed by atoms with E-state index in [1.54, 1.807) is 0 Å². The summed E-state index contributed by atoms with van der Waals surface area (Å²) in [6, 6.07) is 7.62. The molecule has 116 valence electrons. The zero-order valence-corrected chi connectivity index (χ0v) is 14.2. The van der Waals surface area contributed by atoms with Gasteiger partial charge in [0.15, 0.2) is 6.10 Å². The molecule has 2 rings (SSSR count). The van der Waals surface area contributed by atoms with Crippen LogP contribution in [0.15, 0.2) is 28.7 Å². The van der Waals surface area contributed by atoms with Gasteiger partial charge in [-0.25, -0.2) is 0 Å². The zero-order valence-electron chi connectivity index (χ0n) is 12.6. The molecule has 1 aliphatic heterocycles. The highest BCUT2D eigenvalue weighted by atomic mass is 79.9. The predicted molar refractivity (Wildman–Crippen MR) is 87.1 cm³/mol. The Balaban J connectivity index is 2.09. The zero-order chi connectivity index (χ0) is 15.4. The van der Waals surface area contributed by atoms with Crippen molar-refractivity contribution in [1.29, 1.82) is 0 Å². The molecule has 0 aromatic heterocycles. The highest BCUT2D eigenvalue weighted by molar-refractivity contribution is 9.10. The van der Waals surface area contributed by atoms with E-state index in [1.807, 2.05) is 43.0 Å². The monoisotopic (exact) mass is 354 g/mol. The van der Waals surface area contributed by atoms with E-state index < -0.39 is 6.10 Å². The van der Waals surface area contributed by atoms with Crippen LogP contribution in [0.4, 0.5) is 0 Å². The topological polar surface area (TPSA) is 55.6 Å². The number of carbonyl (C=O) groups excluding carboxylic acids is 1. The van der Waals surface area contributed by atoms with Crippen LogP contribution in [0.25, 0.3) is 0 Å². The number of ether oxygens (including phenoxy) is 1. The second-order valence-electron chi connectivity index (χ2n) is 5.89. The van der Waals surface area contributed by atoms with Crippen LogP contribution in [0, 0.1) is 11.8 Å². The first-order chi connectivity index (χ1) is 10.0. The molecule has 0 aliphatic carbocycles. The summed E-state index contributed by atoms with van der Waals surface area (Å²) in [5.74, 6) is 1.31.